The highest BCUT2D eigenvalue weighted by atomic mass is 16.3. The number of aryl methyl sites for hydroxylation is 2. The molecule has 5 heteroatoms. The van der Waals surface area contributed by atoms with E-state index in [0.717, 1.165) is 29.4 Å². The minimum atomic E-state index is -0.0746. The van der Waals surface area contributed by atoms with Crippen LogP contribution in [0.5, 0.6) is 0 Å². The molecule has 2 aromatic heterocycles. The van der Waals surface area contributed by atoms with Gasteiger partial charge in [0.2, 0.25) is 0 Å². The van der Waals surface area contributed by atoms with Gasteiger partial charge in [-0.15, -0.1) is 0 Å². The van der Waals surface area contributed by atoms with E-state index >= 15 is 0 Å². The molecule has 0 saturated heterocycles. The molecule has 3 aromatic rings. The van der Waals surface area contributed by atoms with Crippen LogP contribution in [0.4, 0.5) is 0 Å². The van der Waals surface area contributed by atoms with Gasteiger partial charge in [-0.2, -0.15) is 0 Å². The zero-order chi connectivity index (χ0) is 16.7. The van der Waals surface area contributed by atoms with Gasteiger partial charge in [0, 0.05) is 18.7 Å². The lowest BCUT2D eigenvalue weighted by molar-refractivity contribution is 0.0674. The smallest absolute Gasteiger partial charge is 0.290 e. The molecule has 0 spiro atoms. The van der Waals surface area contributed by atoms with Crippen molar-refractivity contribution in [3.8, 4) is 11.3 Å². The fourth-order valence-electron chi connectivity index (χ4n) is 3.17. The monoisotopic (exact) mass is 321 g/mol. The summed E-state index contributed by atoms with van der Waals surface area (Å²) in [5.41, 5.74) is 3.49. The van der Waals surface area contributed by atoms with Gasteiger partial charge in [0.25, 0.3) is 5.91 Å². The Morgan fingerprint density at radius 1 is 1.17 bits per heavy atom. The van der Waals surface area contributed by atoms with Crippen molar-refractivity contribution in [2.75, 3.05) is 6.54 Å². The maximum Gasteiger partial charge on any atom is 0.290 e. The topological polar surface area (TPSA) is 51.3 Å². The number of carbonyl (C=O) groups is 1. The number of amides is 1. The van der Waals surface area contributed by atoms with Crippen molar-refractivity contribution in [2.24, 2.45) is 0 Å². The number of imidazole rings is 1. The molecule has 5 nitrogen and oxygen atoms in total. The third kappa shape index (κ3) is 2.52. The number of rotatable bonds is 2. The van der Waals surface area contributed by atoms with Crippen molar-refractivity contribution in [1.82, 2.24) is 14.5 Å². The number of nitrogens with zero attached hydrogens (tertiary/aromatic N) is 3. The molecular formula is C19H19N3O2. The zero-order valence-electron chi connectivity index (χ0n) is 13.8. The van der Waals surface area contributed by atoms with Crippen LogP contribution in [0.1, 0.15) is 27.7 Å². The molecule has 4 rings (SSSR count). The van der Waals surface area contributed by atoms with Gasteiger partial charge in [-0.3, -0.25) is 4.79 Å². The molecule has 0 radical (unpaired) electrons. The van der Waals surface area contributed by atoms with Crippen LogP contribution in [0.25, 0.3) is 11.3 Å². The molecule has 1 aliphatic rings. The third-order valence-corrected chi connectivity index (χ3v) is 4.42. The zero-order valence-corrected chi connectivity index (χ0v) is 13.8. The Morgan fingerprint density at radius 3 is 2.79 bits per heavy atom. The molecule has 0 unspecified atom stereocenters. The van der Waals surface area contributed by atoms with E-state index in [1.165, 1.54) is 5.56 Å². The molecule has 0 N–H and O–H groups in total. The molecular weight excluding hydrogens is 302 g/mol. The fourth-order valence-corrected chi connectivity index (χ4v) is 3.17. The number of carbonyl (C=O) groups excluding carboxylic acids is 1. The van der Waals surface area contributed by atoms with Crippen LogP contribution in [0.3, 0.4) is 0 Å². The van der Waals surface area contributed by atoms with Crippen molar-refractivity contribution >= 4 is 5.91 Å². The lowest BCUT2D eigenvalue weighted by atomic mass is 10.1. The summed E-state index contributed by atoms with van der Waals surface area (Å²) >= 11 is 0. The highest BCUT2D eigenvalue weighted by molar-refractivity contribution is 5.91. The molecule has 24 heavy (non-hydrogen) atoms. The second-order valence-electron chi connectivity index (χ2n) is 6.22. The molecule has 0 atom stereocenters. The van der Waals surface area contributed by atoms with E-state index in [-0.39, 0.29) is 5.91 Å². The Morgan fingerprint density at radius 2 is 2.04 bits per heavy atom. The van der Waals surface area contributed by atoms with Crippen LogP contribution in [-0.4, -0.2) is 26.9 Å². The molecule has 0 fully saturated rings. The Balaban J connectivity index is 1.60. The maximum atomic E-state index is 12.5. The van der Waals surface area contributed by atoms with Gasteiger partial charge in [-0.05, 0) is 32.0 Å². The Bertz CT molecular complexity index is 907. The predicted octanol–water partition coefficient (Wildman–Crippen LogP) is 3.42. The summed E-state index contributed by atoms with van der Waals surface area (Å²) in [7, 11) is 0. The lowest BCUT2D eigenvalue weighted by Crippen LogP contribution is -2.38. The second kappa shape index (κ2) is 5.67. The van der Waals surface area contributed by atoms with Crippen LogP contribution in [0, 0.1) is 13.8 Å². The van der Waals surface area contributed by atoms with Crippen LogP contribution in [-0.2, 0) is 13.1 Å². The first-order valence-electron chi connectivity index (χ1n) is 8.09. The van der Waals surface area contributed by atoms with Gasteiger partial charge >= 0.3 is 0 Å². The Labute approximate surface area is 140 Å². The molecule has 0 bridgehead atoms. The van der Waals surface area contributed by atoms with Gasteiger partial charge in [-0.25, -0.2) is 4.98 Å². The number of fused-ring (bicyclic) bond motifs is 1. The average Bonchev–Trinajstić information content (AvgIpc) is 3.19. The first kappa shape index (κ1) is 14.8. The summed E-state index contributed by atoms with van der Waals surface area (Å²) in [4.78, 5) is 18.9. The van der Waals surface area contributed by atoms with Gasteiger partial charge in [0.1, 0.15) is 11.6 Å². The van der Waals surface area contributed by atoms with Gasteiger partial charge in [0.15, 0.2) is 5.76 Å². The number of hydrogen-bond donors (Lipinski definition) is 0. The summed E-state index contributed by atoms with van der Waals surface area (Å²) in [6.07, 6.45) is 1.90. The molecule has 0 aliphatic carbocycles. The first-order valence-corrected chi connectivity index (χ1v) is 8.09. The molecule has 0 saturated carbocycles. The maximum absolute atomic E-state index is 12.5. The minimum absolute atomic E-state index is 0.0746. The SMILES string of the molecule is Cc1cccc(-c2cnc3n2CCN(C(=O)c2ccc(C)o2)C3)c1. The first-order chi connectivity index (χ1) is 11.6. The van der Waals surface area contributed by atoms with Crippen LogP contribution in [0.2, 0.25) is 0 Å². The normalized spacial score (nSPS) is 13.8. The molecule has 3 heterocycles. The quantitative estimate of drug-likeness (QED) is 0.727. The Hall–Kier alpha value is -2.82. The highest BCUT2D eigenvalue weighted by Crippen LogP contribution is 2.25. The van der Waals surface area contributed by atoms with E-state index in [9.17, 15) is 4.79 Å². The number of aromatic nitrogens is 2. The number of furan rings is 1. The fraction of sp³-hybridized carbons (Fsp3) is 0.263. The largest absolute Gasteiger partial charge is 0.456 e. The molecule has 1 aliphatic heterocycles. The number of benzene rings is 1. The molecule has 1 amide bonds. The Kier molecular flexibility index (Phi) is 3.49. The van der Waals surface area contributed by atoms with E-state index in [2.05, 4.69) is 40.7 Å². The number of hydrogen-bond acceptors (Lipinski definition) is 3. The van der Waals surface area contributed by atoms with Crippen molar-refractivity contribution in [3.05, 3.63) is 65.5 Å². The van der Waals surface area contributed by atoms with Crippen molar-refractivity contribution in [2.45, 2.75) is 26.9 Å². The van der Waals surface area contributed by atoms with Crippen LogP contribution < -0.4 is 0 Å². The summed E-state index contributed by atoms with van der Waals surface area (Å²) in [6.45, 7) is 5.83. The van der Waals surface area contributed by atoms with E-state index in [1.807, 2.05) is 19.2 Å². The standard InChI is InChI=1S/C19H19N3O2/c1-13-4-3-5-15(10-13)16-11-20-18-12-21(8-9-22(16)18)19(23)17-7-6-14(2)24-17/h3-7,10-11H,8-9,12H2,1-2H3. The van der Waals surface area contributed by atoms with Gasteiger partial charge in [-0.1, -0.05) is 23.8 Å². The summed E-state index contributed by atoms with van der Waals surface area (Å²) < 4.78 is 7.66. The lowest BCUT2D eigenvalue weighted by Gasteiger charge is -2.28. The van der Waals surface area contributed by atoms with Crippen LogP contribution >= 0.6 is 0 Å². The molecule has 1 aromatic carbocycles. The predicted molar refractivity (Wildman–Crippen MR) is 90.6 cm³/mol. The van der Waals surface area contributed by atoms with E-state index in [0.29, 0.717) is 18.8 Å². The third-order valence-electron chi connectivity index (χ3n) is 4.42. The van der Waals surface area contributed by atoms with Crippen molar-refractivity contribution < 1.29 is 9.21 Å². The van der Waals surface area contributed by atoms with Crippen molar-refractivity contribution in [1.29, 1.82) is 0 Å². The average molecular weight is 321 g/mol. The van der Waals surface area contributed by atoms with Gasteiger partial charge in [0.05, 0.1) is 18.4 Å². The van der Waals surface area contributed by atoms with E-state index in [4.69, 9.17) is 4.42 Å². The summed E-state index contributed by atoms with van der Waals surface area (Å²) in [5, 5.41) is 0. The van der Waals surface area contributed by atoms with Crippen LogP contribution in [0.15, 0.2) is 47.0 Å². The minimum Gasteiger partial charge on any atom is -0.456 e. The van der Waals surface area contributed by atoms with Crippen molar-refractivity contribution in [3.63, 3.8) is 0 Å². The summed E-state index contributed by atoms with van der Waals surface area (Å²) in [6, 6.07) is 11.9. The summed E-state index contributed by atoms with van der Waals surface area (Å²) in [5.74, 6) is 1.98. The van der Waals surface area contributed by atoms with E-state index in [1.54, 1.807) is 11.0 Å². The molecule has 122 valence electrons. The highest BCUT2D eigenvalue weighted by Gasteiger charge is 2.26. The van der Waals surface area contributed by atoms with E-state index < -0.39 is 0 Å². The van der Waals surface area contributed by atoms with Gasteiger partial charge < -0.3 is 13.9 Å². The second-order valence-corrected chi connectivity index (χ2v) is 6.22.